The molecule has 4 rings (SSSR count). The number of amides is 2. The Kier molecular flexibility index (Phi) is 5.18. The van der Waals surface area contributed by atoms with Crippen molar-refractivity contribution in [3.05, 3.63) is 42.0 Å². The number of nitrogens with zero attached hydrogens (tertiary/aromatic N) is 1. The van der Waals surface area contributed by atoms with E-state index in [0.29, 0.717) is 34.2 Å². The van der Waals surface area contributed by atoms with Crippen molar-refractivity contribution < 1.29 is 28.6 Å². The molecule has 0 spiro atoms. The van der Waals surface area contributed by atoms with Gasteiger partial charge in [0.1, 0.15) is 5.75 Å². The maximum absolute atomic E-state index is 12.8. The van der Waals surface area contributed by atoms with E-state index in [1.54, 1.807) is 29.2 Å². The molecule has 2 aromatic rings. The van der Waals surface area contributed by atoms with Gasteiger partial charge >= 0.3 is 0 Å². The number of fused-ring (bicyclic) bond motifs is 2. The number of ether oxygens (including phenoxy) is 3. The third-order valence-corrected chi connectivity index (χ3v) is 4.90. The first-order valence-corrected chi connectivity index (χ1v) is 9.43. The van der Waals surface area contributed by atoms with E-state index in [-0.39, 0.29) is 37.5 Å². The predicted octanol–water partition coefficient (Wildman–Crippen LogP) is 1.57. The van der Waals surface area contributed by atoms with E-state index in [1.165, 1.54) is 14.0 Å². The molecule has 9 nitrogen and oxygen atoms in total. The minimum atomic E-state index is -0.740. The summed E-state index contributed by atoms with van der Waals surface area (Å²) in [7, 11) is 1.53. The molecule has 2 aromatic carbocycles. The summed E-state index contributed by atoms with van der Waals surface area (Å²) in [5.74, 6) is 0.631. The number of Topliss-reactive ketones (excluding diaryl/α,β-unsaturated/α-hetero) is 1. The summed E-state index contributed by atoms with van der Waals surface area (Å²) in [6, 6.07) is 10.4. The average Bonchev–Trinajstić information content (AvgIpc) is 3.19. The van der Waals surface area contributed by atoms with Crippen molar-refractivity contribution >= 4 is 29.0 Å². The van der Waals surface area contributed by atoms with Gasteiger partial charge in [-0.3, -0.25) is 14.4 Å². The molecule has 1 atom stereocenters. The molecule has 0 radical (unpaired) electrons. The number of hydrogen-bond acceptors (Lipinski definition) is 7. The van der Waals surface area contributed by atoms with Crippen LogP contribution in [0.25, 0.3) is 0 Å². The molecule has 0 aromatic heterocycles. The van der Waals surface area contributed by atoms with Crippen molar-refractivity contribution in [2.45, 2.75) is 13.0 Å². The zero-order valence-corrected chi connectivity index (χ0v) is 16.6. The second kappa shape index (κ2) is 7.94. The van der Waals surface area contributed by atoms with Crippen molar-refractivity contribution in [3.63, 3.8) is 0 Å². The number of ketones is 1. The van der Waals surface area contributed by atoms with Gasteiger partial charge in [-0.05, 0) is 25.1 Å². The quantitative estimate of drug-likeness (QED) is 0.720. The first-order valence-electron chi connectivity index (χ1n) is 9.43. The Morgan fingerprint density at radius 3 is 2.57 bits per heavy atom. The maximum atomic E-state index is 12.8. The minimum Gasteiger partial charge on any atom is -0.477 e. The lowest BCUT2D eigenvalue weighted by atomic mass is 10.1. The van der Waals surface area contributed by atoms with E-state index < -0.39 is 6.10 Å². The van der Waals surface area contributed by atoms with Crippen molar-refractivity contribution in [1.29, 1.82) is 0 Å². The standard InChI is InChI=1S/C21H21N3O6/c1-12(25)13-7-17-18(29-11-28-17)8-14(13)23-20(26)10-24-9-19(21(27)22-2)30-16-6-4-3-5-15(16)24/h3-8,19H,9-11H2,1-2H3,(H,22,27)(H,23,26)/t19-/m0/s1. The minimum absolute atomic E-state index is 0.0281. The molecule has 30 heavy (non-hydrogen) atoms. The Morgan fingerprint density at radius 1 is 1.10 bits per heavy atom. The van der Waals surface area contributed by atoms with Crippen LogP contribution in [0.4, 0.5) is 11.4 Å². The number of likely N-dealkylation sites (N-methyl/N-ethyl adjacent to an activating group) is 1. The van der Waals surface area contributed by atoms with Crippen LogP contribution in [0.5, 0.6) is 17.2 Å². The van der Waals surface area contributed by atoms with Crippen molar-refractivity contribution in [1.82, 2.24) is 5.32 Å². The number of carbonyl (C=O) groups is 3. The number of nitrogens with one attached hydrogen (secondary N) is 2. The monoisotopic (exact) mass is 411 g/mol. The lowest BCUT2D eigenvalue weighted by molar-refractivity contribution is -0.127. The second-order valence-electron chi connectivity index (χ2n) is 6.92. The average molecular weight is 411 g/mol. The number of benzene rings is 2. The van der Waals surface area contributed by atoms with Crippen LogP contribution >= 0.6 is 0 Å². The molecule has 2 aliphatic heterocycles. The molecule has 0 saturated carbocycles. The Labute approximate surface area is 172 Å². The zero-order chi connectivity index (χ0) is 21.3. The molecule has 156 valence electrons. The highest BCUT2D eigenvalue weighted by Gasteiger charge is 2.31. The van der Waals surface area contributed by atoms with Crippen LogP contribution in [0.2, 0.25) is 0 Å². The third-order valence-electron chi connectivity index (χ3n) is 4.90. The van der Waals surface area contributed by atoms with E-state index in [0.717, 1.165) is 0 Å². The fourth-order valence-corrected chi connectivity index (χ4v) is 3.45. The molecule has 2 N–H and O–H groups in total. The topological polar surface area (TPSA) is 106 Å². The fourth-order valence-electron chi connectivity index (χ4n) is 3.45. The molecule has 0 aliphatic carbocycles. The van der Waals surface area contributed by atoms with Crippen LogP contribution < -0.4 is 29.7 Å². The highest BCUT2D eigenvalue weighted by atomic mass is 16.7. The van der Waals surface area contributed by atoms with Gasteiger partial charge in [-0.25, -0.2) is 0 Å². The molecule has 9 heteroatoms. The molecule has 0 fully saturated rings. The molecule has 2 aliphatic rings. The SMILES string of the molecule is CNC(=O)[C@@H]1CN(CC(=O)Nc2cc3c(cc2C(C)=O)OCO3)c2ccccc2O1. The second-order valence-corrected chi connectivity index (χ2v) is 6.92. The van der Waals surface area contributed by atoms with Crippen LogP contribution in [0.1, 0.15) is 17.3 Å². The first-order chi connectivity index (χ1) is 14.5. The van der Waals surface area contributed by atoms with Gasteiger partial charge < -0.3 is 29.7 Å². The third kappa shape index (κ3) is 3.73. The van der Waals surface area contributed by atoms with Gasteiger partial charge in [0, 0.05) is 18.7 Å². The van der Waals surface area contributed by atoms with E-state index in [1.807, 2.05) is 12.1 Å². The van der Waals surface area contributed by atoms with Gasteiger partial charge in [0.05, 0.1) is 24.5 Å². The molecule has 0 unspecified atom stereocenters. The number of anilines is 2. The Morgan fingerprint density at radius 2 is 1.83 bits per heavy atom. The zero-order valence-electron chi connectivity index (χ0n) is 16.6. The summed E-state index contributed by atoms with van der Waals surface area (Å²) in [5, 5.41) is 5.35. The largest absolute Gasteiger partial charge is 0.477 e. The summed E-state index contributed by atoms with van der Waals surface area (Å²) < 4.78 is 16.4. The molecule has 2 amide bonds. The van der Waals surface area contributed by atoms with Gasteiger partial charge in [0.15, 0.2) is 23.4 Å². The molecule has 0 bridgehead atoms. The fraction of sp³-hybridized carbons (Fsp3) is 0.286. The molecule has 0 saturated heterocycles. The van der Waals surface area contributed by atoms with Gasteiger partial charge in [-0.2, -0.15) is 0 Å². The van der Waals surface area contributed by atoms with E-state index >= 15 is 0 Å². The lowest BCUT2D eigenvalue weighted by Gasteiger charge is -2.35. The Bertz CT molecular complexity index is 1020. The lowest BCUT2D eigenvalue weighted by Crippen LogP contribution is -2.50. The Hall–Kier alpha value is -3.75. The van der Waals surface area contributed by atoms with Crippen LogP contribution in [0.3, 0.4) is 0 Å². The summed E-state index contributed by atoms with van der Waals surface area (Å²) in [5.41, 5.74) is 1.39. The predicted molar refractivity (Wildman–Crippen MR) is 108 cm³/mol. The summed E-state index contributed by atoms with van der Waals surface area (Å²) >= 11 is 0. The Balaban J connectivity index is 1.55. The van der Waals surface area contributed by atoms with E-state index in [4.69, 9.17) is 14.2 Å². The summed E-state index contributed by atoms with van der Waals surface area (Å²) in [6.45, 7) is 1.67. The summed E-state index contributed by atoms with van der Waals surface area (Å²) in [6.07, 6.45) is -0.740. The highest BCUT2D eigenvalue weighted by molar-refractivity contribution is 6.05. The van der Waals surface area contributed by atoms with Crippen molar-refractivity contribution in [3.8, 4) is 17.2 Å². The van der Waals surface area contributed by atoms with E-state index in [9.17, 15) is 14.4 Å². The number of rotatable bonds is 5. The molecule has 2 heterocycles. The first kappa shape index (κ1) is 19.6. The highest BCUT2D eigenvalue weighted by Crippen LogP contribution is 2.37. The van der Waals surface area contributed by atoms with Crippen LogP contribution in [-0.4, -0.2) is 50.6 Å². The van der Waals surface area contributed by atoms with Gasteiger partial charge in [-0.15, -0.1) is 0 Å². The normalized spacial score (nSPS) is 16.3. The number of carbonyl (C=O) groups excluding carboxylic acids is 3. The van der Waals surface area contributed by atoms with E-state index in [2.05, 4.69) is 10.6 Å². The van der Waals surface area contributed by atoms with Gasteiger partial charge in [0.25, 0.3) is 5.91 Å². The van der Waals surface area contributed by atoms with Gasteiger partial charge in [0.2, 0.25) is 12.7 Å². The van der Waals surface area contributed by atoms with Crippen molar-refractivity contribution in [2.24, 2.45) is 0 Å². The smallest absolute Gasteiger partial charge is 0.262 e. The number of hydrogen-bond donors (Lipinski definition) is 2. The maximum Gasteiger partial charge on any atom is 0.262 e. The van der Waals surface area contributed by atoms with Crippen LogP contribution in [-0.2, 0) is 9.59 Å². The number of para-hydroxylation sites is 2. The summed E-state index contributed by atoms with van der Waals surface area (Å²) in [4.78, 5) is 38.7. The van der Waals surface area contributed by atoms with Crippen molar-refractivity contribution in [2.75, 3.05) is 37.1 Å². The van der Waals surface area contributed by atoms with Crippen LogP contribution in [0, 0.1) is 0 Å². The molecular weight excluding hydrogens is 390 g/mol. The van der Waals surface area contributed by atoms with Crippen LogP contribution in [0.15, 0.2) is 36.4 Å². The molecular formula is C21H21N3O6. The van der Waals surface area contributed by atoms with Gasteiger partial charge in [-0.1, -0.05) is 12.1 Å².